The van der Waals surface area contributed by atoms with Gasteiger partial charge in [0.05, 0.1) is 0 Å². The average Bonchev–Trinajstić information content (AvgIpc) is 2.41. The molecule has 1 aliphatic heterocycles. The summed E-state index contributed by atoms with van der Waals surface area (Å²) >= 11 is 0. The minimum Gasteiger partial charge on any atom is -0.396 e. The van der Waals surface area contributed by atoms with Crippen LogP contribution in [0.4, 0.5) is 0 Å². The van der Waals surface area contributed by atoms with E-state index in [1.165, 1.54) is 4.90 Å². The van der Waals surface area contributed by atoms with Crippen molar-refractivity contribution in [2.75, 3.05) is 13.2 Å². The zero-order valence-corrected chi connectivity index (χ0v) is 10.9. The largest absolute Gasteiger partial charge is 0.396 e. The third-order valence-corrected chi connectivity index (χ3v) is 3.23. The lowest BCUT2D eigenvalue weighted by Gasteiger charge is -2.30. The molecule has 4 nitrogen and oxygen atoms in total. The second-order valence-corrected chi connectivity index (χ2v) is 5.57. The van der Waals surface area contributed by atoms with E-state index in [9.17, 15) is 9.59 Å². The van der Waals surface area contributed by atoms with Crippen molar-refractivity contribution in [2.24, 2.45) is 5.41 Å². The van der Waals surface area contributed by atoms with E-state index in [-0.39, 0.29) is 23.8 Å². The second kappa shape index (κ2) is 6.15. The normalized spacial score (nSPS) is 18.4. The van der Waals surface area contributed by atoms with E-state index in [2.05, 4.69) is 0 Å². The molecule has 1 rings (SSSR count). The first-order valence-electron chi connectivity index (χ1n) is 6.40. The van der Waals surface area contributed by atoms with Crippen LogP contribution in [0.2, 0.25) is 0 Å². The minimum absolute atomic E-state index is 0.0374. The number of carbonyl (C=O) groups excluding carboxylic acids is 2. The number of hydrogen-bond acceptors (Lipinski definition) is 3. The van der Waals surface area contributed by atoms with E-state index in [4.69, 9.17) is 5.11 Å². The van der Waals surface area contributed by atoms with Crippen LogP contribution >= 0.6 is 0 Å². The van der Waals surface area contributed by atoms with E-state index in [0.29, 0.717) is 25.8 Å². The molecule has 98 valence electrons. The lowest BCUT2D eigenvalue weighted by atomic mass is 9.87. The zero-order valence-electron chi connectivity index (χ0n) is 10.9. The van der Waals surface area contributed by atoms with Gasteiger partial charge in [0.1, 0.15) is 0 Å². The topological polar surface area (TPSA) is 57.6 Å². The SMILES string of the molecule is CC(C)(CCCO)CN1C(=O)CCCCC1=O. The van der Waals surface area contributed by atoms with E-state index in [1.807, 2.05) is 13.8 Å². The summed E-state index contributed by atoms with van der Waals surface area (Å²) in [5.41, 5.74) is -0.113. The third kappa shape index (κ3) is 4.46. The smallest absolute Gasteiger partial charge is 0.229 e. The van der Waals surface area contributed by atoms with Crippen molar-refractivity contribution in [3.05, 3.63) is 0 Å². The Morgan fingerprint density at radius 2 is 1.71 bits per heavy atom. The number of aliphatic hydroxyl groups is 1. The van der Waals surface area contributed by atoms with E-state index < -0.39 is 0 Å². The summed E-state index contributed by atoms with van der Waals surface area (Å²) in [6, 6.07) is 0. The maximum absolute atomic E-state index is 11.8. The lowest BCUT2D eigenvalue weighted by Crippen LogP contribution is -2.42. The number of rotatable bonds is 5. The zero-order chi connectivity index (χ0) is 12.9. The van der Waals surface area contributed by atoms with Gasteiger partial charge in [-0.1, -0.05) is 13.8 Å². The Bertz CT molecular complexity index is 268. The quantitative estimate of drug-likeness (QED) is 0.745. The van der Waals surface area contributed by atoms with Gasteiger partial charge < -0.3 is 5.11 Å². The average molecular weight is 241 g/mol. The monoisotopic (exact) mass is 241 g/mol. The molecule has 0 saturated carbocycles. The molecule has 1 N–H and O–H groups in total. The van der Waals surface area contributed by atoms with Gasteiger partial charge in [-0.2, -0.15) is 0 Å². The standard InChI is InChI=1S/C13H23NO3/c1-13(2,8-5-9-15)10-14-11(16)6-3-4-7-12(14)17/h15H,3-10H2,1-2H3. The molecule has 1 fully saturated rings. The van der Waals surface area contributed by atoms with Crippen molar-refractivity contribution in [1.82, 2.24) is 4.90 Å². The van der Waals surface area contributed by atoms with Gasteiger partial charge in [0.2, 0.25) is 11.8 Å². The Hall–Kier alpha value is -0.900. The molecule has 0 aliphatic carbocycles. The van der Waals surface area contributed by atoms with E-state index >= 15 is 0 Å². The highest BCUT2D eigenvalue weighted by molar-refractivity contribution is 5.96. The fraction of sp³-hybridized carbons (Fsp3) is 0.846. The summed E-state index contributed by atoms with van der Waals surface area (Å²) in [7, 11) is 0. The highest BCUT2D eigenvalue weighted by atomic mass is 16.3. The summed E-state index contributed by atoms with van der Waals surface area (Å²) < 4.78 is 0. The number of likely N-dealkylation sites (tertiary alicyclic amines) is 1. The van der Waals surface area contributed by atoms with Gasteiger partial charge in [-0.05, 0) is 31.1 Å². The Labute approximate surface area is 103 Å². The number of carbonyl (C=O) groups is 2. The van der Waals surface area contributed by atoms with Crippen LogP contribution in [0.1, 0.15) is 52.4 Å². The van der Waals surface area contributed by atoms with Crippen LogP contribution < -0.4 is 0 Å². The van der Waals surface area contributed by atoms with Gasteiger partial charge in [-0.25, -0.2) is 0 Å². The molecular formula is C13H23NO3. The first-order valence-corrected chi connectivity index (χ1v) is 6.40. The van der Waals surface area contributed by atoms with Crippen LogP contribution in [0, 0.1) is 5.41 Å². The maximum atomic E-state index is 11.8. The third-order valence-electron chi connectivity index (χ3n) is 3.23. The van der Waals surface area contributed by atoms with Crippen molar-refractivity contribution in [1.29, 1.82) is 0 Å². The van der Waals surface area contributed by atoms with Gasteiger partial charge >= 0.3 is 0 Å². The van der Waals surface area contributed by atoms with Crippen molar-refractivity contribution >= 4 is 11.8 Å². The molecule has 0 unspecified atom stereocenters. The lowest BCUT2D eigenvalue weighted by molar-refractivity contribution is -0.145. The van der Waals surface area contributed by atoms with Crippen molar-refractivity contribution in [3.63, 3.8) is 0 Å². The highest BCUT2D eigenvalue weighted by Crippen LogP contribution is 2.25. The van der Waals surface area contributed by atoms with Crippen LogP contribution in [-0.4, -0.2) is 35.0 Å². The van der Waals surface area contributed by atoms with Crippen molar-refractivity contribution < 1.29 is 14.7 Å². The molecule has 0 aromatic carbocycles. The van der Waals surface area contributed by atoms with Gasteiger partial charge in [-0.3, -0.25) is 14.5 Å². The molecule has 0 spiro atoms. The molecule has 1 heterocycles. The van der Waals surface area contributed by atoms with Gasteiger partial charge in [0.25, 0.3) is 0 Å². The molecule has 17 heavy (non-hydrogen) atoms. The Balaban J connectivity index is 2.62. The van der Waals surface area contributed by atoms with Gasteiger partial charge in [0, 0.05) is 26.0 Å². The Morgan fingerprint density at radius 3 is 2.18 bits per heavy atom. The predicted octanol–water partition coefficient (Wildman–Crippen LogP) is 1.71. The predicted molar refractivity (Wildman–Crippen MR) is 65.3 cm³/mol. The second-order valence-electron chi connectivity index (χ2n) is 5.57. The number of nitrogens with zero attached hydrogens (tertiary/aromatic N) is 1. The van der Waals surface area contributed by atoms with Crippen LogP contribution in [0.15, 0.2) is 0 Å². The van der Waals surface area contributed by atoms with Crippen LogP contribution in [0.5, 0.6) is 0 Å². The fourth-order valence-corrected chi connectivity index (χ4v) is 2.20. The molecule has 0 bridgehead atoms. The maximum Gasteiger partial charge on any atom is 0.229 e. The number of imide groups is 1. The molecule has 0 aromatic heterocycles. The molecule has 1 saturated heterocycles. The highest BCUT2D eigenvalue weighted by Gasteiger charge is 2.29. The summed E-state index contributed by atoms with van der Waals surface area (Å²) in [5.74, 6) is -0.0749. The molecule has 0 radical (unpaired) electrons. The van der Waals surface area contributed by atoms with Crippen LogP contribution in [-0.2, 0) is 9.59 Å². The fourth-order valence-electron chi connectivity index (χ4n) is 2.20. The first-order chi connectivity index (χ1) is 7.96. The molecule has 2 amide bonds. The molecule has 0 aromatic rings. The molecule has 1 aliphatic rings. The Kier molecular flexibility index (Phi) is 5.12. The van der Waals surface area contributed by atoms with Gasteiger partial charge in [-0.15, -0.1) is 0 Å². The van der Waals surface area contributed by atoms with Crippen molar-refractivity contribution in [3.8, 4) is 0 Å². The van der Waals surface area contributed by atoms with E-state index in [1.54, 1.807) is 0 Å². The van der Waals surface area contributed by atoms with Crippen LogP contribution in [0.3, 0.4) is 0 Å². The minimum atomic E-state index is -0.113. The molecule has 0 atom stereocenters. The summed E-state index contributed by atoms with van der Waals surface area (Å²) in [6.07, 6.45) is 4.14. The summed E-state index contributed by atoms with van der Waals surface area (Å²) in [5, 5.41) is 8.84. The Morgan fingerprint density at radius 1 is 1.18 bits per heavy atom. The molecular weight excluding hydrogens is 218 g/mol. The summed E-state index contributed by atoms with van der Waals surface area (Å²) in [6.45, 7) is 4.71. The first kappa shape index (κ1) is 14.2. The number of hydrogen-bond donors (Lipinski definition) is 1. The van der Waals surface area contributed by atoms with Crippen molar-refractivity contribution in [2.45, 2.75) is 52.4 Å². The number of aliphatic hydroxyl groups excluding tert-OH is 1. The molecule has 4 heteroatoms. The number of amides is 2. The van der Waals surface area contributed by atoms with E-state index in [0.717, 1.165) is 19.3 Å². The summed E-state index contributed by atoms with van der Waals surface area (Å²) in [4.78, 5) is 25.1. The van der Waals surface area contributed by atoms with Crippen LogP contribution in [0.25, 0.3) is 0 Å². The van der Waals surface area contributed by atoms with Gasteiger partial charge in [0.15, 0.2) is 0 Å².